The van der Waals surface area contributed by atoms with Crippen molar-refractivity contribution in [3.63, 3.8) is 0 Å². The maximum Gasteiger partial charge on any atom is 0.303 e. The Kier molecular flexibility index (Phi) is 8.07. The molecule has 4 saturated carbocycles. The Bertz CT molecular complexity index is 990. The van der Waals surface area contributed by atoms with Crippen LogP contribution in [0.1, 0.15) is 105 Å². The van der Waals surface area contributed by atoms with Crippen LogP contribution in [0.4, 0.5) is 0 Å². The fourth-order valence-electron chi connectivity index (χ4n) is 11.7. The second-order valence-electron chi connectivity index (χ2n) is 15.9. The van der Waals surface area contributed by atoms with E-state index in [1.54, 1.807) is 13.8 Å². The first kappa shape index (κ1) is 29.9. The van der Waals surface area contributed by atoms with Crippen molar-refractivity contribution in [3.05, 3.63) is 0 Å². The number of likely N-dealkylation sites (tertiary alicyclic amines) is 2. The number of hydrogen-bond acceptors (Lipinski definition) is 6. The minimum absolute atomic E-state index is 0.0202. The average molecular weight is 574 g/mol. The molecule has 2 heterocycles. The van der Waals surface area contributed by atoms with Crippen LogP contribution in [0.25, 0.3) is 0 Å². The maximum absolute atomic E-state index is 12.5. The van der Waals surface area contributed by atoms with Crippen molar-refractivity contribution in [2.24, 2.45) is 34.5 Å². The van der Waals surface area contributed by atoms with Crippen LogP contribution in [0.5, 0.6) is 0 Å². The van der Waals surface area contributed by atoms with Gasteiger partial charge < -0.3 is 19.1 Å². The number of hydrogen-bond donors (Lipinski definition) is 1. The summed E-state index contributed by atoms with van der Waals surface area (Å²) in [5.74, 6) is 2.24. The van der Waals surface area contributed by atoms with Gasteiger partial charge in [-0.15, -0.1) is 0 Å². The summed E-state index contributed by atoms with van der Waals surface area (Å²) in [6.45, 7) is 12.4. The van der Waals surface area contributed by atoms with E-state index in [-0.39, 0.29) is 47.1 Å². The van der Waals surface area contributed by atoms with Crippen LogP contribution in [0, 0.1) is 34.5 Å². The molecule has 7 heteroatoms. The van der Waals surface area contributed by atoms with Gasteiger partial charge in [-0.1, -0.05) is 13.8 Å². The highest BCUT2D eigenvalue weighted by molar-refractivity contribution is 5.66. The number of carbonyl (C=O) groups excluding carboxylic acids is 2. The van der Waals surface area contributed by atoms with Gasteiger partial charge in [0.2, 0.25) is 0 Å². The van der Waals surface area contributed by atoms with E-state index in [0.29, 0.717) is 29.7 Å². The zero-order valence-electron chi connectivity index (χ0n) is 26.5. The van der Waals surface area contributed by atoms with Crippen molar-refractivity contribution in [1.82, 2.24) is 4.90 Å². The molecule has 6 rings (SSSR count). The Hall–Kier alpha value is -1.18. The molecule has 6 aliphatic rings. The molecule has 0 spiro atoms. The van der Waals surface area contributed by atoms with Gasteiger partial charge in [-0.2, -0.15) is 0 Å². The molecular formula is C34H57N2O5+. The topological polar surface area (TPSA) is 76.1 Å². The van der Waals surface area contributed by atoms with Gasteiger partial charge in [0.1, 0.15) is 12.1 Å². The minimum atomic E-state index is -0.203. The first-order chi connectivity index (χ1) is 19.4. The third-order valence-corrected chi connectivity index (χ3v) is 13.8. The highest BCUT2D eigenvalue weighted by Gasteiger charge is 2.67. The van der Waals surface area contributed by atoms with Gasteiger partial charge in [0.05, 0.1) is 26.2 Å². The molecule has 0 aromatic rings. The SMILES string of the molecule is CC(=O)O[C@H]1C[C@@H]2CC[C@@H]3[C@H](CC[C@@]4(C)[C@H]3C[C@H]([N+]3(C)CCCCC3)[C@@H]4OC(C)=O)[C@@]2(C)C[C@@H]1N1CCC(O)CC1. The van der Waals surface area contributed by atoms with Crippen molar-refractivity contribution in [2.45, 2.75) is 135 Å². The molecule has 41 heavy (non-hydrogen) atoms. The number of carbonyl (C=O) groups is 2. The Morgan fingerprint density at radius 2 is 1.54 bits per heavy atom. The Morgan fingerprint density at radius 3 is 2.20 bits per heavy atom. The van der Waals surface area contributed by atoms with Crippen molar-refractivity contribution >= 4 is 11.9 Å². The molecule has 4 aliphatic carbocycles. The van der Waals surface area contributed by atoms with Crippen LogP contribution < -0.4 is 0 Å². The number of esters is 2. The summed E-state index contributed by atoms with van der Waals surface area (Å²) in [5.41, 5.74) is 0.275. The summed E-state index contributed by atoms with van der Waals surface area (Å²) in [6, 6.07) is 0.647. The molecule has 0 aromatic carbocycles. The van der Waals surface area contributed by atoms with Crippen LogP contribution in [-0.4, -0.2) is 90.1 Å². The molecule has 0 radical (unpaired) electrons. The number of nitrogens with zero attached hydrogens (tertiary/aromatic N) is 2. The van der Waals surface area contributed by atoms with E-state index in [1.165, 1.54) is 58.0 Å². The second-order valence-corrected chi connectivity index (χ2v) is 15.9. The molecule has 0 unspecified atom stereocenters. The molecule has 1 N–H and O–H groups in total. The smallest absolute Gasteiger partial charge is 0.303 e. The number of likely N-dealkylation sites (N-methyl/N-ethyl adjacent to an activating group) is 1. The quantitative estimate of drug-likeness (QED) is 0.380. The van der Waals surface area contributed by atoms with Gasteiger partial charge in [-0.3, -0.25) is 14.5 Å². The molecule has 0 bridgehead atoms. The van der Waals surface area contributed by atoms with Gasteiger partial charge >= 0.3 is 11.9 Å². The fourth-order valence-corrected chi connectivity index (χ4v) is 11.7. The van der Waals surface area contributed by atoms with Gasteiger partial charge in [0.25, 0.3) is 0 Å². The summed E-state index contributed by atoms with van der Waals surface area (Å²) in [7, 11) is 2.45. The zero-order valence-corrected chi connectivity index (χ0v) is 26.5. The Morgan fingerprint density at radius 1 is 0.854 bits per heavy atom. The summed E-state index contributed by atoms with van der Waals surface area (Å²) in [5, 5.41) is 10.2. The number of rotatable bonds is 4. The molecule has 10 atom stereocenters. The largest absolute Gasteiger partial charge is 0.461 e. The van der Waals surface area contributed by atoms with Crippen LogP contribution >= 0.6 is 0 Å². The molecule has 232 valence electrons. The first-order valence-electron chi connectivity index (χ1n) is 17.1. The molecule has 6 fully saturated rings. The summed E-state index contributed by atoms with van der Waals surface area (Å²) in [6.07, 6.45) is 13.4. The summed E-state index contributed by atoms with van der Waals surface area (Å²) >= 11 is 0. The Balaban J connectivity index is 1.28. The summed E-state index contributed by atoms with van der Waals surface area (Å²) < 4.78 is 13.5. The molecule has 7 nitrogen and oxygen atoms in total. The lowest BCUT2D eigenvalue weighted by Crippen LogP contribution is -2.61. The van der Waals surface area contributed by atoms with Gasteiger partial charge in [-0.25, -0.2) is 0 Å². The van der Waals surface area contributed by atoms with Crippen molar-refractivity contribution < 1.29 is 28.7 Å². The number of quaternary nitrogens is 1. The molecule has 0 amide bonds. The van der Waals surface area contributed by atoms with E-state index >= 15 is 0 Å². The third-order valence-electron chi connectivity index (χ3n) is 13.8. The van der Waals surface area contributed by atoms with Crippen molar-refractivity contribution in [1.29, 1.82) is 0 Å². The lowest BCUT2D eigenvalue weighted by Gasteiger charge is -2.62. The highest BCUT2D eigenvalue weighted by atomic mass is 16.5. The fraction of sp³-hybridized carbons (Fsp3) is 0.941. The third kappa shape index (κ3) is 5.18. The van der Waals surface area contributed by atoms with Gasteiger partial charge in [0.15, 0.2) is 6.10 Å². The molecule has 0 aromatic heterocycles. The normalized spacial score (nSPS) is 46.6. The zero-order chi connectivity index (χ0) is 29.2. The number of aliphatic hydroxyl groups is 1. The van der Waals surface area contributed by atoms with E-state index < -0.39 is 0 Å². The van der Waals surface area contributed by atoms with E-state index in [2.05, 4.69) is 25.8 Å². The maximum atomic E-state index is 12.5. The van der Waals surface area contributed by atoms with E-state index in [9.17, 15) is 14.7 Å². The van der Waals surface area contributed by atoms with Crippen molar-refractivity contribution in [3.8, 4) is 0 Å². The van der Waals surface area contributed by atoms with Gasteiger partial charge in [0, 0.05) is 44.8 Å². The van der Waals surface area contributed by atoms with Crippen LogP contribution in [0.15, 0.2) is 0 Å². The van der Waals surface area contributed by atoms with Gasteiger partial charge in [-0.05, 0) is 99.7 Å². The van der Waals surface area contributed by atoms with E-state index in [1.807, 2.05) is 0 Å². The molecular weight excluding hydrogens is 516 g/mol. The number of ether oxygens (including phenoxy) is 2. The lowest BCUT2D eigenvalue weighted by molar-refractivity contribution is -0.940. The predicted molar refractivity (Wildman–Crippen MR) is 158 cm³/mol. The lowest BCUT2D eigenvalue weighted by atomic mass is 9.44. The molecule has 2 saturated heterocycles. The second kappa shape index (κ2) is 11.1. The summed E-state index contributed by atoms with van der Waals surface area (Å²) in [4.78, 5) is 27.2. The number of aliphatic hydroxyl groups excluding tert-OH is 1. The number of fused-ring (bicyclic) bond motifs is 5. The number of piperidine rings is 2. The average Bonchev–Trinajstić information content (AvgIpc) is 3.22. The predicted octanol–water partition coefficient (Wildman–Crippen LogP) is 4.94. The molecule has 2 aliphatic heterocycles. The van der Waals surface area contributed by atoms with Crippen LogP contribution in [0.3, 0.4) is 0 Å². The Labute approximate surface area is 248 Å². The standard InChI is InChI=1S/C34H57N2O5/c1-22(37)40-31-19-24-9-10-26-27(34(24,4)21-29(31)35-15-12-25(39)13-16-35)11-14-33(3)28(26)20-30(32(33)41-23(2)38)36(5)17-7-6-8-18-36/h24-32,39H,6-21H2,1-5H3/q+1/t24-,26+,27-,28-,29-,30-,31-,32-,33-,34-/m0/s1. The van der Waals surface area contributed by atoms with Crippen LogP contribution in [0.2, 0.25) is 0 Å². The van der Waals surface area contributed by atoms with E-state index in [4.69, 9.17) is 9.47 Å². The monoisotopic (exact) mass is 573 g/mol. The first-order valence-corrected chi connectivity index (χ1v) is 17.1. The van der Waals surface area contributed by atoms with E-state index in [0.717, 1.165) is 49.7 Å². The van der Waals surface area contributed by atoms with Crippen LogP contribution in [-0.2, 0) is 19.1 Å². The van der Waals surface area contributed by atoms with Crippen molar-refractivity contribution in [2.75, 3.05) is 33.2 Å². The minimum Gasteiger partial charge on any atom is -0.461 e. The highest BCUT2D eigenvalue weighted by Crippen LogP contribution is 2.67.